The van der Waals surface area contributed by atoms with Crippen molar-refractivity contribution in [2.24, 2.45) is 0 Å². The summed E-state index contributed by atoms with van der Waals surface area (Å²) >= 11 is 0. The highest BCUT2D eigenvalue weighted by Crippen LogP contribution is 2.31. The van der Waals surface area contributed by atoms with Crippen molar-refractivity contribution >= 4 is 11.9 Å². The third-order valence-corrected chi connectivity index (χ3v) is 3.71. The van der Waals surface area contributed by atoms with E-state index in [-0.39, 0.29) is 0 Å². The first-order valence-electron chi connectivity index (χ1n) is 7.74. The highest BCUT2D eigenvalue weighted by Gasteiger charge is 2.15. The molecule has 0 radical (unpaired) electrons. The zero-order chi connectivity index (χ0) is 17.8. The van der Waals surface area contributed by atoms with Gasteiger partial charge >= 0.3 is 11.9 Å². The topological polar surface area (TPSA) is 57.5 Å². The number of carbonyl (C=O) groups is 2. The summed E-state index contributed by atoms with van der Waals surface area (Å²) in [6.07, 6.45) is 0. The fourth-order valence-corrected chi connectivity index (χ4v) is 2.61. The second kappa shape index (κ2) is 7.05. The van der Waals surface area contributed by atoms with Crippen molar-refractivity contribution in [3.05, 3.63) is 72.3 Å². The highest BCUT2D eigenvalue weighted by atomic mass is 16.5. The summed E-state index contributed by atoms with van der Waals surface area (Å²) < 4.78 is 11.9. The van der Waals surface area contributed by atoms with Crippen LogP contribution in [-0.2, 0) is 9.53 Å². The van der Waals surface area contributed by atoms with E-state index in [0.717, 1.165) is 16.9 Å². The summed E-state index contributed by atoms with van der Waals surface area (Å²) in [4.78, 5) is 23.0. The maximum atomic E-state index is 11.6. The van der Waals surface area contributed by atoms with Gasteiger partial charge in [-0.1, -0.05) is 30.3 Å². The molecule has 126 valence electrons. The van der Waals surface area contributed by atoms with Crippen LogP contribution >= 0.6 is 0 Å². The zero-order valence-corrected chi connectivity index (χ0v) is 13.9. The first-order valence-corrected chi connectivity index (χ1v) is 7.74. The largest absolute Gasteiger partial charge is 0.465 e. The van der Waals surface area contributed by atoms with E-state index in [0.29, 0.717) is 11.4 Å². The molecule has 0 aliphatic rings. The molecule has 0 spiro atoms. The van der Waals surface area contributed by atoms with E-state index in [1.165, 1.54) is 14.0 Å². The van der Waals surface area contributed by atoms with Crippen molar-refractivity contribution in [3.63, 3.8) is 0 Å². The monoisotopic (exact) mass is 335 g/mol. The average molecular weight is 335 g/mol. The van der Waals surface area contributed by atoms with Crippen LogP contribution in [0.3, 0.4) is 0 Å². The number of aromatic nitrogens is 1. The molecule has 5 nitrogen and oxygen atoms in total. The smallest absolute Gasteiger partial charge is 0.337 e. The molecule has 0 aliphatic heterocycles. The number of rotatable bonds is 4. The van der Waals surface area contributed by atoms with E-state index < -0.39 is 11.9 Å². The SMILES string of the molecule is COC(=O)c1ccc(-n2c(OC(C)=O)ccc2-c2ccccc2)cc1. The minimum Gasteiger partial charge on any atom is -0.465 e. The third kappa shape index (κ3) is 3.45. The third-order valence-electron chi connectivity index (χ3n) is 3.71. The van der Waals surface area contributed by atoms with Crippen molar-refractivity contribution in [1.29, 1.82) is 0 Å². The lowest BCUT2D eigenvalue weighted by Gasteiger charge is -2.13. The molecule has 0 amide bonds. The van der Waals surface area contributed by atoms with Gasteiger partial charge in [0.25, 0.3) is 0 Å². The summed E-state index contributed by atoms with van der Waals surface area (Å²) in [6.45, 7) is 1.36. The Morgan fingerprint density at radius 2 is 1.56 bits per heavy atom. The summed E-state index contributed by atoms with van der Waals surface area (Å²) in [5.41, 5.74) is 3.09. The Bertz CT molecular complexity index is 895. The van der Waals surface area contributed by atoms with Crippen LogP contribution in [0.1, 0.15) is 17.3 Å². The molecule has 2 aromatic carbocycles. The van der Waals surface area contributed by atoms with Crippen LogP contribution in [0.2, 0.25) is 0 Å². The number of methoxy groups -OCH3 is 1. The standard InChI is InChI=1S/C20H17NO4/c1-14(22)25-19-13-12-18(15-6-4-3-5-7-15)21(19)17-10-8-16(9-11-17)20(23)24-2/h3-13H,1-2H3. The molecular formula is C20H17NO4. The quantitative estimate of drug-likeness (QED) is 0.680. The fraction of sp³-hybridized carbons (Fsp3) is 0.100. The molecule has 0 atom stereocenters. The van der Waals surface area contributed by atoms with Crippen LogP contribution in [0, 0.1) is 0 Å². The molecule has 0 saturated heterocycles. The number of esters is 2. The molecule has 0 fully saturated rings. The summed E-state index contributed by atoms with van der Waals surface area (Å²) in [5, 5.41) is 0. The fourth-order valence-electron chi connectivity index (χ4n) is 2.61. The molecular weight excluding hydrogens is 318 g/mol. The van der Waals surface area contributed by atoms with Crippen LogP contribution in [0.5, 0.6) is 5.88 Å². The van der Waals surface area contributed by atoms with Gasteiger partial charge in [0, 0.05) is 18.7 Å². The van der Waals surface area contributed by atoms with Gasteiger partial charge in [-0.2, -0.15) is 0 Å². The van der Waals surface area contributed by atoms with Crippen molar-refractivity contribution in [3.8, 4) is 22.8 Å². The van der Waals surface area contributed by atoms with Crippen LogP contribution in [0.15, 0.2) is 66.7 Å². The molecule has 0 N–H and O–H groups in total. The average Bonchev–Trinajstić information content (AvgIpc) is 3.04. The first kappa shape index (κ1) is 16.5. The Morgan fingerprint density at radius 1 is 0.880 bits per heavy atom. The Kier molecular flexibility index (Phi) is 4.66. The maximum absolute atomic E-state index is 11.6. The lowest BCUT2D eigenvalue weighted by atomic mass is 10.1. The van der Waals surface area contributed by atoms with Crippen LogP contribution in [0.25, 0.3) is 16.9 Å². The van der Waals surface area contributed by atoms with Gasteiger partial charge in [0.2, 0.25) is 5.88 Å². The molecule has 25 heavy (non-hydrogen) atoms. The Hall–Kier alpha value is -3.34. The number of carbonyl (C=O) groups excluding carboxylic acids is 2. The number of benzene rings is 2. The molecule has 5 heteroatoms. The Labute approximate surface area is 145 Å². The van der Waals surface area contributed by atoms with Crippen LogP contribution in [0.4, 0.5) is 0 Å². The van der Waals surface area contributed by atoms with Crippen molar-refractivity contribution in [2.75, 3.05) is 7.11 Å². The molecule has 0 saturated carbocycles. The van der Waals surface area contributed by atoms with Crippen LogP contribution < -0.4 is 4.74 Å². The highest BCUT2D eigenvalue weighted by molar-refractivity contribution is 5.89. The maximum Gasteiger partial charge on any atom is 0.337 e. The van der Waals surface area contributed by atoms with Crippen LogP contribution in [-0.4, -0.2) is 23.6 Å². The zero-order valence-electron chi connectivity index (χ0n) is 13.9. The van der Waals surface area contributed by atoms with Gasteiger partial charge in [0.15, 0.2) is 0 Å². The number of hydrogen-bond donors (Lipinski definition) is 0. The molecule has 3 rings (SSSR count). The minimum absolute atomic E-state index is 0.398. The lowest BCUT2D eigenvalue weighted by molar-refractivity contribution is -0.132. The molecule has 1 heterocycles. The Morgan fingerprint density at radius 3 is 2.16 bits per heavy atom. The van der Waals surface area contributed by atoms with E-state index in [1.807, 2.05) is 41.0 Å². The molecule has 0 aliphatic carbocycles. The predicted octanol–water partition coefficient (Wildman–Crippen LogP) is 3.86. The minimum atomic E-state index is -0.400. The number of ether oxygens (including phenoxy) is 2. The molecule has 0 unspecified atom stereocenters. The van der Waals surface area contributed by atoms with E-state index >= 15 is 0 Å². The van der Waals surface area contributed by atoms with Gasteiger partial charge in [-0.15, -0.1) is 0 Å². The van der Waals surface area contributed by atoms with E-state index in [4.69, 9.17) is 9.47 Å². The van der Waals surface area contributed by atoms with Crippen molar-refractivity contribution < 1.29 is 19.1 Å². The number of nitrogens with zero attached hydrogens (tertiary/aromatic N) is 1. The molecule has 1 aromatic heterocycles. The van der Waals surface area contributed by atoms with E-state index in [9.17, 15) is 9.59 Å². The van der Waals surface area contributed by atoms with E-state index in [1.54, 1.807) is 30.3 Å². The lowest BCUT2D eigenvalue weighted by Crippen LogP contribution is -2.08. The second-order valence-electron chi connectivity index (χ2n) is 5.39. The van der Waals surface area contributed by atoms with Crippen molar-refractivity contribution in [1.82, 2.24) is 4.57 Å². The van der Waals surface area contributed by atoms with Gasteiger partial charge in [0.1, 0.15) is 0 Å². The van der Waals surface area contributed by atoms with Gasteiger partial charge in [-0.05, 0) is 35.9 Å². The van der Waals surface area contributed by atoms with Crippen molar-refractivity contribution in [2.45, 2.75) is 6.92 Å². The summed E-state index contributed by atoms with van der Waals surface area (Å²) in [7, 11) is 1.34. The predicted molar refractivity (Wildman–Crippen MR) is 93.9 cm³/mol. The number of hydrogen-bond acceptors (Lipinski definition) is 4. The summed E-state index contributed by atoms with van der Waals surface area (Å²) in [5.74, 6) is -0.384. The first-order chi connectivity index (χ1) is 12.1. The summed E-state index contributed by atoms with van der Waals surface area (Å²) in [6, 6.07) is 20.3. The second-order valence-corrected chi connectivity index (χ2v) is 5.39. The van der Waals surface area contributed by atoms with Gasteiger partial charge in [-0.3, -0.25) is 9.36 Å². The van der Waals surface area contributed by atoms with Gasteiger partial charge < -0.3 is 9.47 Å². The van der Waals surface area contributed by atoms with Gasteiger partial charge in [0.05, 0.1) is 18.4 Å². The van der Waals surface area contributed by atoms with E-state index in [2.05, 4.69) is 0 Å². The molecule has 3 aromatic rings. The molecule has 0 bridgehead atoms. The van der Waals surface area contributed by atoms with Gasteiger partial charge in [-0.25, -0.2) is 4.79 Å². The normalized spacial score (nSPS) is 10.3. The Balaban J connectivity index is 2.10.